The van der Waals surface area contributed by atoms with E-state index in [4.69, 9.17) is 14.2 Å². The second-order valence-corrected chi connectivity index (χ2v) is 6.00. The summed E-state index contributed by atoms with van der Waals surface area (Å²) < 4.78 is 16.4. The van der Waals surface area contributed by atoms with Crippen LogP contribution in [0, 0.1) is 0 Å². The van der Waals surface area contributed by atoms with Gasteiger partial charge in [-0.3, -0.25) is 4.79 Å². The Hall–Kier alpha value is -2.79. The van der Waals surface area contributed by atoms with Gasteiger partial charge in [0.1, 0.15) is 17.6 Å². The molecule has 5 nitrogen and oxygen atoms in total. The maximum atomic E-state index is 12.6. The van der Waals surface area contributed by atoms with Gasteiger partial charge in [-0.15, -0.1) is 0 Å². The summed E-state index contributed by atoms with van der Waals surface area (Å²) in [6.07, 6.45) is 3.27. The molecule has 0 aliphatic carbocycles. The van der Waals surface area contributed by atoms with Crippen LogP contribution in [0.4, 0.5) is 0 Å². The van der Waals surface area contributed by atoms with E-state index in [9.17, 15) is 4.79 Å². The van der Waals surface area contributed by atoms with Crippen LogP contribution in [0.1, 0.15) is 17.2 Å². The van der Waals surface area contributed by atoms with E-state index >= 15 is 0 Å². The van der Waals surface area contributed by atoms with Gasteiger partial charge in [0.2, 0.25) is 5.91 Å². The molecule has 1 amide bonds. The van der Waals surface area contributed by atoms with Gasteiger partial charge in [-0.25, -0.2) is 0 Å². The number of hydrogen-bond donors (Lipinski definition) is 0. The first-order valence-corrected chi connectivity index (χ1v) is 8.57. The van der Waals surface area contributed by atoms with Crippen molar-refractivity contribution in [1.82, 2.24) is 4.90 Å². The molecule has 1 fully saturated rings. The van der Waals surface area contributed by atoms with E-state index in [-0.39, 0.29) is 12.0 Å². The van der Waals surface area contributed by atoms with Crippen molar-refractivity contribution in [3.8, 4) is 11.5 Å². The molecule has 0 radical (unpaired) electrons. The van der Waals surface area contributed by atoms with Crippen molar-refractivity contribution in [2.45, 2.75) is 6.10 Å². The van der Waals surface area contributed by atoms with Gasteiger partial charge < -0.3 is 19.1 Å². The van der Waals surface area contributed by atoms with Crippen LogP contribution in [0.25, 0.3) is 6.08 Å². The Morgan fingerprint density at radius 2 is 1.96 bits per heavy atom. The van der Waals surface area contributed by atoms with Crippen LogP contribution in [-0.4, -0.2) is 44.7 Å². The summed E-state index contributed by atoms with van der Waals surface area (Å²) in [4.78, 5) is 14.4. The molecule has 1 saturated heterocycles. The zero-order valence-corrected chi connectivity index (χ0v) is 15.1. The summed E-state index contributed by atoms with van der Waals surface area (Å²) >= 11 is 0. The topological polar surface area (TPSA) is 48.0 Å². The number of rotatable bonds is 5. The van der Waals surface area contributed by atoms with Crippen LogP contribution in [-0.2, 0) is 9.53 Å². The maximum Gasteiger partial charge on any atom is 0.246 e. The fraction of sp³-hybridized carbons (Fsp3) is 0.286. The standard InChI is InChI=1S/C21H23NO4/c1-24-18-10-8-17(19(14-18)25-2)9-11-21(23)22-12-13-26-20(15-22)16-6-4-3-5-7-16/h3-11,14,20H,12-13,15H2,1-2H3/b11-9+. The Kier molecular flexibility index (Phi) is 5.92. The maximum absolute atomic E-state index is 12.6. The van der Waals surface area contributed by atoms with E-state index in [1.807, 2.05) is 47.4 Å². The lowest BCUT2D eigenvalue weighted by atomic mass is 10.1. The van der Waals surface area contributed by atoms with Crippen LogP contribution in [0.15, 0.2) is 54.6 Å². The van der Waals surface area contributed by atoms with E-state index < -0.39 is 0 Å². The van der Waals surface area contributed by atoms with Gasteiger partial charge in [0.15, 0.2) is 0 Å². The van der Waals surface area contributed by atoms with Crippen molar-refractivity contribution in [3.05, 3.63) is 65.7 Å². The summed E-state index contributed by atoms with van der Waals surface area (Å²) in [7, 11) is 3.20. The number of hydrogen-bond acceptors (Lipinski definition) is 4. The highest BCUT2D eigenvalue weighted by atomic mass is 16.5. The van der Waals surface area contributed by atoms with Crippen LogP contribution >= 0.6 is 0 Å². The molecule has 3 rings (SSSR count). The highest BCUT2D eigenvalue weighted by Crippen LogP contribution is 2.26. The fourth-order valence-electron chi connectivity index (χ4n) is 2.94. The zero-order chi connectivity index (χ0) is 18.4. The molecular formula is C21H23NO4. The molecule has 136 valence electrons. The van der Waals surface area contributed by atoms with E-state index in [2.05, 4.69) is 0 Å². The first kappa shape index (κ1) is 18.0. The highest BCUT2D eigenvalue weighted by molar-refractivity contribution is 5.92. The molecule has 0 N–H and O–H groups in total. The van der Waals surface area contributed by atoms with E-state index in [1.54, 1.807) is 32.4 Å². The van der Waals surface area contributed by atoms with Crippen molar-refractivity contribution < 1.29 is 19.0 Å². The molecule has 1 unspecified atom stereocenters. The number of ether oxygens (including phenoxy) is 3. The Bertz CT molecular complexity index is 773. The minimum Gasteiger partial charge on any atom is -0.497 e. The van der Waals surface area contributed by atoms with Gasteiger partial charge in [-0.1, -0.05) is 30.3 Å². The van der Waals surface area contributed by atoms with Gasteiger partial charge >= 0.3 is 0 Å². The van der Waals surface area contributed by atoms with Crippen molar-refractivity contribution in [1.29, 1.82) is 0 Å². The third kappa shape index (κ3) is 4.24. The molecule has 2 aromatic rings. The van der Waals surface area contributed by atoms with E-state index in [1.165, 1.54) is 0 Å². The quantitative estimate of drug-likeness (QED) is 0.774. The Morgan fingerprint density at radius 1 is 1.15 bits per heavy atom. The van der Waals surface area contributed by atoms with Gasteiger partial charge in [0.25, 0.3) is 0 Å². The summed E-state index contributed by atoms with van der Waals surface area (Å²) in [5.41, 5.74) is 1.92. The highest BCUT2D eigenvalue weighted by Gasteiger charge is 2.24. The molecule has 26 heavy (non-hydrogen) atoms. The second kappa shape index (κ2) is 8.54. The number of carbonyl (C=O) groups is 1. The van der Waals surface area contributed by atoms with Crippen LogP contribution in [0.2, 0.25) is 0 Å². The molecule has 0 saturated carbocycles. The zero-order valence-electron chi connectivity index (χ0n) is 15.1. The van der Waals surface area contributed by atoms with Crippen LogP contribution in [0.5, 0.6) is 11.5 Å². The van der Waals surface area contributed by atoms with Crippen LogP contribution in [0.3, 0.4) is 0 Å². The first-order valence-electron chi connectivity index (χ1n) is 8.57. The molecule has 0 aromatic heterocycles. The number of carbonyl (C=O) groups excluding carboxylic acids is 1. The Balaban J connectivity index is 1.68. The monoisotopic (exact) mass is 353 g/mol. The normalized spacial score (nSPS) is 17.3. The largest absolute Gasteiger partial charge is 0.497 e. The van der Waals surface area contributed by atoms with Crippen molar-refractivity contribution >= 4 is 12.0 Å². The van der Waals surface area contributed by atoms with Gasteiger partial charge in [-0.2, -0.15) is 0 Å². The average molecular weight is 353 g/mol. The van der Waals surface area contributed by atoms with Crippen molar-refractivity contribution in [2.24, 2.45) is 0 Å². The SMILES string of the molecule is COc1ccc(/C=C/C(=O)N2CCOC(c3ccccc3)C2)c(OC)c1. The van der Waals surface area contributed by atoms with Crippen molar-refractivity contribution in [3.63, 3.8) is 0 Å². The molecule has 1 aliphatic rings. The fourth-order valence-corrected chi connectivity index (χ4v) is 2.94. The molecule has 0 spiro atoms. The molecule has 5 heteroatoms. The van der Waals surface area contributed by atoms with Crippen molar-refractivity contribution in [2.75, 3.05) is 33.9 Å². The molecular weight excluding hydrogens is 330 g/mol. The van der Waals surface area contributed by atoms with Gasteiger partial charge in [0, 0.05) is 24.3 Å². The smallest absolute Gasteiger partial charge is 0.246 e. The first-order chi connectivity index (χ1) is 12.7. The number of nitrogens with zero attached hydrogens (tertiary/aromatic N) is 1. The summed E-state index contributed by atoms with van der Waals surface area (Å²) in [6.45, 7) is 1.67. The third-order valence-corrected chi connectivity index (χ3v) is 4.40. The molecule has 0 bridgehead atoms. The number of amides is 1. The third-order valence-electron chi connectivity index (χ3n) is 4.40. The Morgan fingerprint density at radius 3 is 2.69 bits per heavy atom. The average Bonchev–Trinajstić information content (AvgIpc) is 2.72. The minimum absolute atomic E-state index is 0.0351. The van der Waals surface area contributed by atoms with Gasteiger partial charge in [0.05, 0.1) is 27.4 Å². The molecule has 1 atom stereocenters. The number of methoxy groups -OCH3 is 2. The molecule has 2 aromatic carbocycles. The number of benzene rings is 2. The minimum atomic E-state index is -0.0853. The van der Waals surface area contributed by atoms with Crippen LogP contribution < -0.4 is 9.47 Å². The van der Waals surface area contributed by atoms with E-state index in [0.29, 0.717) is 31.2 Å². The lowest BCUT2D eigenvalue weighted by molar-refractivity contribution is -0.133. The summed E-state index contributed by atoms with van der Waals surface area (Å²) in [6, 6.07) is 15.5. The summed E-state index contributed by atoms with van der Waals surface area (Å²) in [5, 5.41) is 0. The molecule has 1 heterocycles. The lowest BCUT2D eigenvalue weighted by Gasteiger charge is -2.32. The van der Waals surface area contributed by atoms with E-state index in [0.717, 1.165) is 11.1 Å². The van der Waals surface area contributed by atoms with Gasteiger partial charge in [-0.05, 0) is 23.8 Å². The number of morpholine rings is 1. The second-order valence-electron chi connectivity index (χ2n) is 6.00. The Labute approximate surface area is 153 Å². The predicted molar refractivity (Wildman–Crippen MR) is 100 cm³/mol. The predicted octanol–water partition coefficient (Wildman–Crippen LogP) is 3.32. The summed E-state index contributed by atoms with van der Waals surface area (Å²) in [5.74, 6) is 1.34. The lowest BCUT2D eigenvalue weighted by Crippen LogP contribution is -2.41. The molecule has 1 aliphatic heterocycles.